The summed E-state index contributed by atoms with van der Waals surface area (Å²) in [6.45, 7) is 4.82. The molecule has 0 saturated heterocycles. The zero-order valence-corrected chi connectivity index (χ0v) is 11.8. The van der Waals surface area contributed by atoms with Gasteiger partial charge in [-0.2, -0.15) is 0 Å². The highest BCUT2D eigenvalue weighted by Gasteiger charge is 2.07. The van der Waals surface area contributed by atoms with Crippen molar-refractivity contribution < 1.29 is 0 Å². The van der Waals surface area contributed by atoms with E-state index >= 15 is 0 Å². The predicted molar refractivity (Wildman–Crippen MR) is 81.1 cm³/mol. The molecule has 1 heterocycles. The number of aromatic nitrogens is 1. The number of para-hydroxylation sites is 1. The Bertz CT molecular complexity index is 778. The van der Waals surface area contributed by atoms with Crippen LogP contribution in [0.3, 0.4) is 0 Å². The summed E-state index contributed by atoms with van der Waals surface area (Å²) >= 11 is 1.31. The predicted octanol–water partition coefficient (Wildman–Crippen LogP) is 3.73. The molecule has 0 N–H and O–H groups in total. The number of hydrogen-bond acceptors (Lipinski definition) is 2. The van der Waals surface area contributed by atoms with Gasteiger partial charge < -0.3 is 0 Å². The average molecular weight is 269 g/mol. The second-order valence-corrected chi connectivity index (χ2v) is 5.91. The fourth-order valence-electron chi connectivity index (χ4n) is 2.51. The highest BCUT2D eigenvalue weighted by atomic mass is 32.1. The van der Waals surface area contributed by atoms with E-state index in [-0.39, 0.29) is 4.87 Å². The van der Waals surface area contributed by atoms with Crippen LogP contribution in [0.15, 0.2) is 47.3 Å². The van der Waals surface area contributed by atoms with E-state index in [4.69, 9.17) is 0 Å². The lowest BCUT2D eigenvalue weighted by Crippen LogP contribution is -2.13. The lowest BCUT2D eigenvalue weighted by molar-refractivity contribution is 0.814. The summed E-state index contributed by atoms with van der Waals surface area (Å²) in [5.74, 6) is 0. The molecule has 96 valence electrons. The maximum Gasteiger partial charge on any atom is 0.308 e. The summed E-state index contributed by atoms with van der Waals surface area (Å²) in [6.07, 6.45) is 0. The Morgan fingerprint density at radius 1 is 1.05 bits per heavy atom. The molecule has 2 aromatic carbocycles. The van der Waals surface area contributed by atoms with Crippen molar-refractivity contribution in [1.29, 1.82) is 0 Å². The Labute approximate surface area is 115 Å². The van der Waals surface area contributed by atoms with Gasteiger partial charge in [0.15, 0.2) is 0 Å². The van der Waals surface area contributed by atoms with E-state index in [2.05, 4.69) is 32.0 Å². The molecule has 0 fully saturated rings. The van der Waals surface area contributed by atoms with Crippen molar-refractivity contribution in [1.82, 2.24) is 4.57 Å². The van der Waals surface area contributed by atoms with Gasteiger partial charge in [-0.3, -0.25) is 9.36 Å². The summed E-state index contributed by atoms with van der Waals surface area (Å²) < 4.78 is 2.91. The first-order chi connectivity index (χ1) is 9.13. The van der Waals surface area contributed by atoms with Gasteiger partial charge in [-0.05, 0) is 31.5 Å². The first kappa shape index (κ1) is 12.2. The lowest BCUT2D eigenvalue weighted by Gasteiger charge is -2.06. The van der Waals surface area contributed by atoms with Crippen LogP contribution in [0.1, 0.15) is 16.7 Å². The average Bonchev–Trinajstić information content (AvgIpc) is 2.65. The third-order valence-corrected chi connectivity index (χ3v) is 4.16. The monoisotopic (exact) mass is 269 g/mol. The summed E-state index contributed by atoms with van der Waals surface area (Å²) in [7, 11) is 0. The Hall–Kier alpha value is -1.87. The van der Waals surface area contributed by atoms with E-state index in [0.717, 1.165) is 10.2 Å². The minimum absolute atomic E-state index is 0.111. The number of benzene rings is 2. The van der Waals surface area contributed by atoms with Gasteiger partial charge in [0.1, 0.15) is 0 Å². The second kappa shape index (κ2) is 4.67. The third-order valence-electron chi connectivity index (χ3n) is 3.20. The Morgan fingerprint density at radius 2 is 1.74 bits per heavy atom. The van der Waals surface area contributed by atoms with E-state index < -0.39 is 0 Å². The van der Waals surface area contributed by atoms with Gasteiger partial charge in [0, 0.05) is 0 Å². The molecule has 3 heteroatoms. The Morgan fingerprint density at radius 3 is 2.47 bits per heavy atom. The van der Waals surface area contributed by atoms with Crippen molar-refractivity contribution in [3.63, 3.8) is 0 Å². The largest absolute Gasteiger partial charge is 0.308 e. The first-order valence-corrected chi connectivity index (χ1v) is 7.11. The zero-order chi connectivity index (χ0) is 13.4. The Kier molecular flexibility index (Phi) is 2.99. The summed E-state index contributed by atoms with van der Waals surface area (Å²) in [4.78, 5) is 12.2. The fraction of sp³-hybridized carbons (Fsp3) is 0.188. The number of thiazole rings is 1. The minimum atomic E-state index is 0.111. The summed E-state index contributed by atoms with van der Waals surface area (Å²) in [6, 6.07) is 14.4. The number of rotatable bonds is 2. The molecule has 0 bridgehead atoms. The van der Waals surface area contributed by atoms with E-state index in [1.165, 1.54) is 28.0 Å². The summed E-state index contributed by atoms with van der Waals surface area (Å²) in [5.41, 5.74) is 4.69. The van der Waals surface area contributed by atoms with Crippen LogP contribution in [-0.2, 0) is 6.54 Å². The van der Waals surface area contributed by atoms with Crippen LogP contribution in [0.5, 0.6) is 0 Å². The molecule has 0 aliphatic heterocycles. The van der Waals surface area contributed by atoms with Crippen LogP contribution in [0.25, 0.3) is 10.2 Å². The normalized spacial score (nSPS) is 11.1. The number of fused-ring (bicyclic) bond motifs is 1. The van der Waals surface area contributed by atoms with Gasteiger partial charge in [0.25, 0.3) is 0 Å². The van der Waals surface area contributed by atoms with Crippen LogP contribution in [0, 0.1) is 13.8 Å². The highest BCUT2D eigenvalue weighted by Crippen LogP contribution is 2.18. The fourth-order valence-corrected chi connectivity index (χ4v) is 3.40. The standard InChI is InChI=1S/C16H15NOS/c1-11-7-12(2)9-13(8-11)10-17-14-5-3-4-6-15(14)19-16(17)18/h3-9H,10H2,1-2H3. The summed E-state index contributed by atoms with van der Waals surface area (Å²) in [5, 5.41) is 0. The second-order valence-electron chi connectivity index (χ2n) is 4.92. The molecular weight excluding hydrogens is 254 g/mol. The molecular formula is C16H15NOS. The van der Waals surface area contributed by atoms with Crippen LogP contribution >= 0.6 is 11.3 Å². The smallest absolute Gasteiger partial charge is 0.294 e. The molecule has 0 spiro atoms. The third kappa shape index (κ3) is 2.34. The molecule has 19 heavy (non-hydrogen) atoms. The molecule has 1 aromatic heterocycles. The molecule has 0 unspecified atom stereocenters. The molecule has 0 amide bonds. The van der Waals surface area contributed by atoms with E-state index in [1.54, 1.807) is 0 Å². The van der Waals surface area contributed by atoms with Crippen molar-refractivity contribution in [2.24, 2.45) is 0 Å². The van der Waals surface area contributed by atoms with Crippen LogP contribution in [0.2, 0.25) is 0 Å². The van der Waals surface area contributed by atoms with E-state index in [1.807, 2.05) is 28.8 Å². The number of hydrogen-bond donors (Lipinski definition) is 0. The quantitative estimate of drug-likeness (QED) is 0.695. The zero-order valence-electron chi connectivity index (χ0n) is 11.0. The van der Waals surface area contributed by atoms with E-state index in [9.17, 15) is 4.79 Å². The molecule has 3 rings (SSSR count). The molecule has 0 atom stereocenters. The van der Waals surface area contributed by atoms with Gasteiger partial charge >= 0.3 is 4.87 Å². The van der Waals surface area contributed by atoms with Crippen LogP contribution < -0.4 is 4.87 Å². The van der Waals surface area contributed by atoms with Crippen molar-refractivity contribution in [3.05, 3.63) is 68.8 Å². The van der Waals surface area contributed by atoms with Gasteiger partial charge in [-0.15, -0.1) is 0 Å². The van der Waals surface area contributed by atoms with Gasteiger partial charge in [-0.25, -0.2) is 0 Å². The maximum atomic E-state index is 12.1. The maximum absolute atomic E-state index is 12.1. The SMILES string of the molecule is Cc1cc(C)cc(Cn2c(=O)sc3ccccc32)c1. The van der Waals surface area contributed by atoms with Crippen molar-refractivity contribution >= 4 is 21.6 Å². The minimum Gasteiger partial charge on any atom is -0.294 e. The van der Waals surface area contributed by atoms with Crippen molar-refractivity contribution in [3.8, 4) is 0 Å². The van der Waals surface area contributed by atoms with Gasteiger partial charge in [-0.1, -0.05) is 52.8 Å². The van der Waals surface area contributed by atoms with E-state index in [0.29, 0.717) is 6.54 Å². The molecule has 2 nitrogen and oxygen atoms in total. The van der Waals surface area contributed by atoms with Crippen molar-refractivity contribution in [2.45, 2.75) is 20.4 Å². The van der Waals surface area contributed by atoms with Crippen molar-refractivity contribution in [2.75, 3.05) is 0 Å². The lowest BCUT2D eigenvalue weighted by atomic mass is 10.1. The number of aryl methyl sites for hydroxylation is 2. The molecule has 0 aliphatic rings. The van der Waals surface area contributed by atoms with Gasteiger partial charge in [0.05, 0.1) is 16.8 Å². The molecule has 3 aromatic rings. The Balaban J connectivity index is 2.10. The number of nitrogens with zero attached hydrogens (tertiary/aromatic N) is 1. The molecule has 0 aliphatic carbocycles. The van der Waals surface area contributed by atoms with Crippen LogP contribution in [0.4, 0.5) is 0 Å². The molecule has 0 radical (unpaired) electrons. The highest BCUT2D eigenvalue weighted by molar-refractivity contribution is 7.16. The van der Waals surface area contributed by atoms with Crippen LogP contribution in [-0.4, -0.2) is 4.57 Å². The van der Waals surface area contributed by atoms with Gasteiger partial charge in [0.2, 0.25) is 0 Å². The topological polar surface area (TPSA) is 22.0 Å². The molecule has 0 saturated carbocycles. The first-order valence-electron chi connectivity index (χ1n) is 6.29.